The van der Waals surface area contributed by atoms with Crippen molar-refractivity contribution in [1.82, 2.24) is 10.2 Å². The predicted molar refractivity (Wildman–Crippen MR) is 196 cm³/mol. The van der Waals surface area contributed by atoms with Crippen LogP contribution in [0.4, 0.5) is 5.69 Å². The molecular weight excluding hydrogens is 646 g/mol. The second-order valence-corrected chi connectivity index (χ2v) is 14.4. The number of hydrogen-bond donors (Lipinski definition) is 2. The molecule has 2 aromatic rings. The Morgan fingerprint density at radius 2 is 1.78 bits per heavy atom. The molecule has 0 saturated carbocycles. The highest BCUT2D eigenvalue weighted by molar-refractivity contribution is 6.05. The first-order chi connectivity index (χ1) is 24.4. The third-order valence-electron chi connectivity index (χ3n) is 11.2. The Balaban J connectivity index is 1.55. The molecule has 3 aliphatic rings. The Kier molecular flexibility index (Phi) is 11.9. The van der Waals surface area contributed by atoms with Gasteiger partial charge in [-0.1, -0.05) is 81.0 Å². The number of likely N-dealkylation sites (tertiary alicyclic amines) is 1. The van der Waals surface area contributed by atoms with Gasteiger partial charge < -0.3 is 29.7 Å². The zero-order valence-electron chi connectivity index (χ0n) is 30.5. The lowest BCUT2D eigenvalue weighted by molar-refractivity contribution is -0.162. The molecule has 10 nitrogen and oxygen atoms in total. The molecule has 5 rings (SSSR count). The van der Waals surface area contributed by atoms with Crippen LogP contribution in [-0.4, -0.2) is 76.7 Å². The molecule has 274 valence electrons. The van der Waals surface area contributed by atoms with Crippen LogP contribution in [0, 0.1) is 31.6 Å². The van der Waals surface area contributed by atoms with Gasteiger partial charge in [-0.25, -0.2) is 0 Å². The van der Waals surface area contributed by atoms with Crippen LogP contribution in [0.25, 0.3) is 0 Å². The number of allylic oxidation sites excluding steroid dienone is 1. The number of benzene rings is 2. The van der Waals surface area contributed by atoms with Crippen LogP contribution >= 0.6 is 0 Å². The summed E-state index contributed by atoms with van der Waals surface area (Å²) in [5, 5.41) is 13.7. The van der Waals surface area contributed by atoms with Crippen molar-refractivity contribution >= 4 is 29.4 Å². The van der Waals surface area contributed by atoms with Crippen LogP contribution in [0.1, 0.15) is 75.7 Å². The summed E-state index contributed by atoms with van der Waals surface area (Å²) >= 11 is 0. The molecule has 51 heavy (non-hydrogen) atoms. The number of para-hydroxylation sites is 1. The number of anilines is 1. The summed E-state index contributed by atoms with van der Waals surface area (Å²) in [4.78, 5) is 60.4. The molecule has 3 heterocycles. The fraction of sp³-hybridized carbons (Fsp3) is 0.512. The minimum Gasteiger partial charge on any atom is -0.455 e. The molecule has 1 spiro atoms. The van der Waals surface area contributed by atoms with Gasteiger partial charge in [0.15, 0.2) is 0 Å². The fourth-order valence-corrected chi connectivity index (χ4v) is 8.55. The maximum atomic E-state index is 15.1. The van der Waals surface area contributed by atoms with Crippen molar-refractivity contribution in [3.63, 3.8) is 0 Å². The highest BCUT2D eigenvalue weighted by atomic mass is 16.6. The van der Waals surface area contributed by atoms with Crippen molar-refractivity contribution in [1.29, 1.82) is 0 Å². The van der Waals surface area contributed by atoms with Gasteiger partial charge in [-0.2, -0.15) is 0 Å². The summed E-state index contributed by atoms with van der Waals surface area (Å²) in [7, 11) is 0. The van der Waals surface area contributed by atoms with Gasteiger partial charge in [0.2, 0.25) is 11.8 Å². The average Bonchev–Trinajstić information content (AvgIpc) is 3.77. The number of aliphatic hydroxyl groups excluding tert-OH is 1. The molecule has 2 aromatic carbocycles. The van der Waals surface area contributed by atoms with E-state index in [2.05, 4.69) is 18.5 Å². The molecule has 2 N–H and O–H groups in total. The zero-order chi connectivity index (χ0) is 37.0. The quantitative estimate of drug-likeness (QED) is 0.179. The average molecular weight is 700 g/mol. The first-order valence-corrected chi connectivity index (χ1v) is 18.2. The Morgan fingerprint density at radius 1 is 1.10 bits per heavy atom. The van der Waals surface area contributed by atoms with Crippen LogP contribution in [-0.2, 0) is 28.7 Å². The van der Waals surface area contributed by atoms with E-state index in [0.29, 0.717) is 31.2 Å². The minimum atomic E-state index is -1.30. The van der Waals surface area contributed by atoms with Gasteiger partial charge in [-0.05, 0) is 62.6 Å². The third kappa shape index (κ3) is 7.00. The van der Waals surface area contributed by atoms with E-state index in [4.69, 9.17) is 9.47 Å². The minimum absolute atomic E-state index is 0.145. The van der Waals surface area contributed by atoms with E-state index in [1.807, 2.05) is 76.2 Å². The molecule has 0 aliphatic carbocycles. The molecule has 3 aliphatic heterocycles. The molecule has 3 saturated heterocycles. The van der Waals surface area contributed by atoms with Crippen LogP contribution in [0.3, 0.4) is 0 Å². The Bertz CT molecular complexity index is 1610. The maximum absolute atomic E-state index is 15.1. The number of hydrogen-bond acceptors (Lipinski definition) is 7. The predicted octanol–water partition coefficient (Wildman–Crippen LogP) is 5.36. The number of aliphatic hydroxyl groups is 1. The summed E-state index contributed by atoms with van der Waals surface area (Å²) in [5.74, 6) is -3.66. The van der Waals surface area contributed by atoms with Crippen molar-refractivity contribution in [2.75, 3.05) is 18.1 Å². The normalized spacial score (nSPS) is 25.8. The molecule has 0 aromatic heterocycles. The number of carbonyl (C=O) groups excluding carboxylic acids is 4. The van der Waals surface area contributed by atoms with E-state index in [-0.39, 0.29) is 43.2 Å². The highest BCUT2D eigenvalue weighted by Gasteiger charge is 2.76. The fourth-order valence-electron chi connectivity index (χ4n) is 8.55. The van der Waals surface area contributed by atoms with Gasteiger partial charge >= 0.3 is 5.97 Å². The lowest BCUT2D eigenvalue weighted by Gasteiger charge is -2.41. The van der Waals surface area contributed by atoms with E-state index >= 15 is 4.79 Å². The lowest BCUT2D eigenvalue weighted by atomic mass is 9.70. The number of esters is 1. The van der Waals surface area contributed by atoms with Gasteiger partial charge in [0.05, 0.1) is 36.6 Å². The van der Waals surface area contributed by atoms with E-state index in [0.717, 1.165) is 16.8 Å². The first-order valence-electron chi connectivity index (χ1n) is 18.2. The molecular formula is C41H53N3O7. The van der Waals surface area contributed by atoms with Crippen LogP contribution in [0.2, 0.25) is 0 Å². The monoisotopic (exact) mass is 699 g/mol. The zero-order valence-corrected chi connectivity index (χ0v) is 30.5. The second kappa shape index (κ2) is 15.9. The number of fused-ring (bicyclic) bond motifs is 1. The van der Waals surface area contributed by atoms with E-state index < -0.39 is 53.7 Å². The molecule has 0 unspecified atom stereocenters. The Labute approximate surface area is 301 Å². The highest BCUT2D eigenvalue weighted by Crippen LogP contribution is 2.60. The summed E-state index contributed by atoms with van der Waals surface area (Å²) in [5.41, 5.74) is 1.92. The van der Waals surface area contributed by atoms with Crippen LogP contribution in [0.5, 0.6) is 0 Å². The van der Waals surface area contributed by atoms with Crippen molar-refractivity contribution in [3.05, 3.63) is 90.5 Å². The summed E-state index contributed by atoms with van der Waals surface area (Å²) in [6.45, 7) is 17.1. The maximum Gasteiger partial charge on any atom is 0.313 e. The van der Waals surface area contributed by atoms with Gasteiger partial charge in [0.1, 0.15) is 17.7 Å². The standard InChI is InChI=1S/C41H53N3O7/c1-8-11-20-32(46)42-28(7)36(29-18-13-12-14-19-29)50-40(49)33-31-21-22-41(51-31)34(33)38(47)44(30(24-45)25(4)10-3)37(41)39(48)43(23-9-2)35-26(5)16-15-17-27(35)6/h8-9,12-19,25,28,30-31,33-34,36-37,45H,1-2,10-11,20-24H2,3-7H3,(H,42,46)/t25-,28-,30-,31-,33+,34+,36-,37-,41+/m0/s1. The van der Waals surface area contributed by atoms with Crippen LogP contribution < -0.4 is 10.2 Å². The number of nitrogens with zero attached hydrogens (tertiary/aromatic N) is 2. The number of nitrogens with one attached hydrogen (secondary N) is 1. The SMILES string of the molecule is C=CCCC(=O)N[C@@H](C)[C@H](OC(=O)[C@@H]1[C@@H]2CC[C@]3(O2)[C@H](C(=O)N(CC=C)c2c(C)cccc2C)N([C@@H](CO)[C@@H](C)CC)C(=O)[C@@H]13)c1ccccc1. The van der Waals surface area contributed by atoms with Gasteiger partial charge in [0.25, 0.3) is 5.91 Å². The Hall–Kier alpha value is -4.28. The largest absolute Gasteiger partial charge is 0.455 e. The number of rotatable bonds is 16. The van der Waals surface area contributed by atoms with E-state index in [9.17, 15) is 19.5 Å². The van der Waals surface area contributed by atoms with Gasteiger partial charge in [-0.15, -0.1) is 13.2 Å². The summed E-state index contributed by atoms with van der Waals surface area (Å²) < 4.78 is 13.0. The number of amides is 3. The van der Waals surface area contributed by atoms with E-state index in [1.165, 1.54) is 4.90 Å². The van der Waals surface area contributed by atoms with Crippen molar-refractivity contribution in [2.45, 2.75) is 103 Å². The molecule has 3 amide bonds. The lowest BCUT2D eigenvalue weighted by Crippen LogP contribution is -2.60. The molecule has 10 heteroatoms. The molecule has 2 bridgehead atoms. The summed E-state index contributed by atoms with van der Waals surface area (Å²) in [6, 6.07) is 12.7. The molecule has 3 fully saturated rings. The van der Waals surface area contributed by atoms with Gasteiger partial charge in [0, 0.05) is 18.7 Å². The first kappa shape index (κ1) is 38.0. The smallest absolute Gasteiger partial charge is 0.313 e. The van der Waals surface area contributed by atoms with Crippen molar-refractivity contribution < 1.29 is 33.8 Å². The molecule has 0 radical (unpaired) electrons. The van der Waals surface area contributed by atoms with E-state index in [1.54, 1.807) is 24.0 Å². The summed E-state index contributed by atoms with van der Waals surface area (Å²) in [6.07, 6.45) is 4.13. The number of carbonyl (C=O) groups is 4. The van der Waals surface area contributed by atoms with Crippen LogP contribution in [0.15, 0.2) is 73.8 Å². The topological polar surface area (TPSA) is 125 Å². The second-order valence-electron chi connectivity index (χ2n) is 14.4. The van der Waals surface area contributed by atoms with Crippen molar-refractivity contribution in [2.24, 2.45) is 17.8 Å². The Morgan fingerprint density at radius 3 is 2.39 bits per heavy atom. The third-order valence-corrected chi connectivity index (χ3v) is 11.2. The molecule has 9 atom stereocenters. The van der Waals surface area contributed by atoms with Gasteiger partial charge in [-0.3, -0.25) is 19.2 Å². The van der Waals surface area contributed by atoms with Crippen molar-refractivity contribution in [3.8, 4) is 0 Å². The number of aryl methyl sites for hydroxylation is 2. The number of ether oxygens (including phenoxy) is 2.